The summed E-state index contributed by atoms with van der Waals surface area (Å²) in [5.41, 5.74) is 7.22. The quantitative estimate of drug-likeness (QED) is 0.328. The summed E-state index contributed by atoms with van der Waals surface area (Å²) in [7, 11) is 2.16. The Balaban J connectivity index is 2.10. The lowest BCUT2D eigenvalue weighted by atomic mass is 10.1. The van der Waals surface area contributed by atoms with E-state index in [1.807, 2.05) is 6.08 Å². The third kappa shape index (κ3) is 2.15. The third-order valence-electron chi connectivity index (χ3n) is 5.62. The number of fused-ring (bicyclic) bond motifs is 5. The fourth-order valence-corrected chi connectivity index (χ4v) is 4.46. The Morgan fingerprint density at radius 2 is 1.50 bits per heavy atom. The van der Waals surface area contributed by atoms with Gasteiger partial charge in [-0.05, 0) is 31.2 Å². The van der Waals surface area contributed by atoms with Crippen LogP contribution in [-0.4, -0.2) is 9.13 Å². The molecule has 0 unspecified atom stereocenters. The van der Waals surface area contributed by atoms with Crippen LogP contribution >= 0.6 is 0 Å². The van der Waals surface area contributed by atoms with Gasteiger partial charge in [-0.2, -0.15) is 0 Å². The van der Waals surface area contributed by atoms with Gasteiger partial charge in [0.15, 0.2) is 0 Å². The van der Waals surface area contributed by atoms with Crippen LogP contribution in [-0.2, 0) is 7.05 Å². The summed E-state index contributed by atoms with van der Waals surface area (Å²) in [4.78, 5) is 0. The van der Waals surface area contributed by atoms with Crippen LogP contribution in [0.4, 0.5) is 0 Å². The van der Waals surface area contributed by atoms with E-state index >= 15 is 0 Å². The fourth-order valence-electron chi connectivity index (χ4n) is 4.46. The first-order valence-corrected chi connectivity index (χ1v) is 9.61. The molecular weight excluding hydrogens is 340 g/mol. The van der Waals surface area contributed by atoms with E-state index in [-0.39, 0.29) is 0 Å². The highest BCUT2D eigenvalue weighted by Gasteiger charge is 2.20. The molecule has 2 aromatic heterocycles. The van der Waals surface area contributed by atoms with E-state index in [2.05, 4.69) is 109 Å². The number of aryl methyl sites for hydroxylation is 1. The molecular formula is C26H22N2. The van der Waals surface area contributed by atoms with Crippen LogP contribution in [0.25, 0.3) is 50.5 Å². The zero-order valence-corrected chi connectivity index (χ0v) is 16.2. The third-order valence-corrected chi connectivity index (χ3v) is 5.62. The average molecular weight is 362 g/mol. The lowest BCUT2D eigenvalue weighted by Gasteiger charge is -2.11. The van der Waals surface area contributed by atoms with Crippen molar-refractivity contribution in [1.82, 2.24) is 9.13 Å². The first-order valence-electron chi connectivity index (χ1n) is 9.61. The van der Waals surface area contributed by atoms with Crippen LogP contribution < -0.4 is 0 Å². The van der Waals surface area contributed by atoms with Gasteiger partial charge in [-0.3, -0.25) is 0 Å². The van der Waals surface area contributed by atoms with Crippen molar-refractivity contribution in [3.8, 4) is 5.69 Å². The zero-order chi connectivity index (χ0) is 19.3. The second-order valence-corrected chi connectivity index (χ2v) is 7.11. The van der Waals surface area contributed by atoms with E-state index in [4.69, 9.17) is 0 Å². The van der Waals surface area contributed by atoms with Crippen LogP contribution in [0.5, 0.6) is 0 Å². The lowest BCUT2D eigenvalue weighted by Crippen LogP contribution is -1.98. The molecule has 3 aromatic carbocycles. The number of rotatable bonds is 3. The van der Waals surface area contributed by atoms with Crippen LogP contribution in [0.2, 0.25) is 0 Å². The first-order chi connectivity index (χ1) is 13.8. The van der Waals surface area contributed by atoms with Gasteiger partial charge in [-0.15, -0.1) is 0 Å². The Morgan fingerprint density at radius 1 is 0.786 bits per heavy atom. The van der Waals surface area contributed by atoms with E-state index in [0.717, 1.165) is 11.4 Å². The molecule has 0 N–H and O–H groups in total. The van der Waals surface area contributed by atoms with Gasteiger partial charge in [0.05, 0.1) is 16.7 Å². The van der Waals surface area contributed by atoms with Gasteiger partial charge in [0.1, 0.15) is 0 Å². The van der Waals surface area contributed by atoms with Gasteiger partial charge >= 0.3 is 0 Å². The standard InChI is InChI=1S/C26H22N2/c1-4-11-24-19(5-2)21-16-17-22-20-14-9-10-15-23(20)27(3)25(22)26(21)28(24)18-12-7-6-8-13-18/h4-17H,2H2,1,3H3/b11-4-. The molecule has 0 atom stereocenters. The van der Waals surface area contributed by atoms with Crippen LogP contribution in [0.3, 0.4) is 0 Å². The van der Waals surface area contributed by atoms with Crippen molar-refractivity contribution in [3.63, 3.8) is 0 Å². The van der Waals surface area contributed by atoms with E-state index in [1.165, 1.54) is 38.3 Å². The molecule has 0 aliphatic carbocycles. The Kier molecular flexibility index (Phi) is 3.73. The number of hydrogen-bond acceptors (Lipinski definition) is 0. The number of hydrogen-bond donors (Lipinski definition) is 0. The van der Waals surface area contributed by atoms with E-state index < -0.39 is 0 Å². The second-order valence-electron chi connectivity index (χ2n) is 7.11. The molecule has 5 aromatic rings. The fraction of sp³-hybridized carbons (Fsp3) is 0.0769. The smallest absolute Gasteiger partial charge is 0.0785 e. The molecule has 2 nitrogen and oxygen atoms in total. The number of allylic oxidation sites excluding steroid dienone is 1. The topological polar surface area (TPSA) is 9.86 Å². The summed E-state index contributed by atoms with van der Waals surface area (Å²) in [5, 5.41) is 3.80. The van der Waals surface area contributed by atoms with E-state index in [9.17, 15) is 0 Å². The lowest BCUT2D eigenvalue weighted by molar-refractivity contribution is 1.01. The molecule has 0 saturated heterocycles. The molecule has 136 valence electrons. The molecule has 0 saturated carbocycles. The summed E-state index contributed by atoms with van der Waals surface area (Å²) >= 11 is 0. The molecule has 28 heavy (non-hydrogen) atoms. The highest BCUT2D eigenvalue weighted by atomic mass is 15.0. The maximum absolute atomic E-state index is 4.12. The van der Waals surface area contributed by atoms with Gasteiger partial charge in [-0.25, -0.2) is 0 Å². The Morgan fingerprint density at radius 3 is 2.25 bits per heavy atom. The van der Waals surface area contributed by atoms with Crippen molar-refractivity contribution in [2.75, 3.05) is 0 Å². The number of aromatic nitrogens is 2. The van der Waals surface area contributed by atoms with Crippen molar-refractivity contribution >= 4 is 44.9 Å². The van der Waals surface area contributed by atoms with Crippen molar-refractivity contribution in [3.05, 3.63) is 90.6 Å². The molecule has 0 bridgehead atoms. The van der Waals surface area contributed by atoms with Crippen LogP contribution in [0.15, 0.2) is 79.4 Å². The van der Waals surface area contributed by atoms with E-state index in [1.54, 1.807) is 0 Å². The summed E-state index contributed by atoms with van der Waals surface area (Å²) in [5.74, 6) is 0. The van der Waals surface area contributed by atoms with Gasteiger partial charge < -0.3 is 9.13 Å². The maximum atomic E-state index is 4.12. The van der Waals surface area contributed by atoms with Gasteiger partial charge in [-0.1, -0.05) is 67.3 Å². The Labute approximate surface area is 164 Å². The second kappa shape index (κ2) is 6.28. The van der Waals surface area contributed by atoms with Gasteiger partial charge in [0.25, 0.3) is 0 Å². The largest absolute Gasteiger partial charge is 0.342 e. The normalized spacial score (nSPS) is 11.9. The molecule has 2 heterocycles. The van der Waals surface area contributed by atoms with Crippen molar-refractivity contribution in [2.24, 2.45) is 7.05 Å². The summed E-state index contributed by atoms with van der Waals surface area (Å²) in [6.07, 6.45) is 6.25. The predicted octanol–water partition coefficient (Wildman–Crippen LogP) is 6.95. The Bertz CT molecular complexity index is 1380. The van der Waals surface area contributed by atoms with Crippen LogP contribution in [0.1, 0.15) is 18.2 Å². The predicted molar refractivity (Wildman–Crippen MR) is 122 cm³/mol. The minimum Gasteiger partial charge on any atom is -0.342 e. The summed E-state index contributed by atoms with van der Waals surface area (Å²) in [6.45, 7) is 6.18. The minimum absolute atomic E-state index is 1.16. The molecule has 2 heteroatoms. The molecule has 0 aliphatic heterocycles. The zero-order valence-electron chi connectivity index (χ0n) is 16.2. The molecule has 0 fully saturated rings. The molecule has 0 aliphatic rings. The van der Waals surface area contributed by atoms with Crippen LogP contribution in [0, 0.1) is 0 Å². The van der Waals surface area contributed by atoms with Gasteiger partial charge in [0, 0.05) is 40.0 Å². The summed E-state index contributed by atoms with van der Waals surface area (Å²) < 4.78 is 4.69. The highest BCUT2D eigenvalue weighted by molar-refractivity contribution is 6.19. The minimum atomic E-state index is 1.16. The van der Waals surface area contributed by atoms with Crippen molar-refractivity contribution in [1.29, 1.82) is 0 Å². The molecule has 0 amide bonds. The maximum Gasteiger partial charge on any atom is 0.0785 e. The summed E-state index contributed by atoms with van der Waals surface area (Å²) in [6, 6.07) is 23.7. The average Bonchev–Trinajstić information content (AvgIpc) is 3.21. The number of para-hydroxylation sites is 2. The number of nitrogens with zero attached hydrogens (tertiary/aromatic N) is 2. The molecule has 5 rings (SSSR count). The van der Waals surface area contributed by atoms with Gasteiger partial charge in [0.2, 0.25) is 0 Å². The SMILES string of the molecule is C=Cc1c(/C=C\C)n(-c2ccccc2)c2c1ccc1c3ccccc3n(C)c12. The van der Waals surface area contributed by atoms with Crippen molar-refractivity contribution in [2.45, 2.75) is 6.92 Å². The van der Waals surface area contributed by atoms with Crippen molar-refractivity contribution < 1.29 is 0 Å². The van der Waals surface area contributed by atoms with E-state index in [0.29, 0.717) is 0 Å². The highest BCUT2D eigenvalue weighted by Crippen LogP contribution is 2.39. The first kappa shape index (κ1) is 16.6. The monoisotopic (exact) mass is 362 g/mol. The Hall–Kier alpha value is -3.52. The molecule has 0 spiro atoms. The molecule has 0 radical (unpaired) electrons. The number of benzene rings is 3.